The Morgan fingerprint density at radius 3 is 0.933 bits per heavy atom. The first-order valence-corrected chi connectivity index (χ1v) is 37.6. The van der Waals surface area contributed by atoms with Gasteiger partial charge in [-0.1, -0.05) is 109 Å². The maximum Gasteiger partial charge on any atom is 0.174 e. The second-order valence-electron chi connectivity index (χ2n) is 28.0. The highest BCUT2D eigenvalue weighted by molar-refractivity contribution is 6.05. The Hall–Kier alpha value is -15.3. The number of carbonyl (C=O) groups excluding carboxylic acids is 6. The lowest BCUT2D eigenvalue weighted by atomic mass is 9.95. The Kier molecular flexibility index (Phi) is 25.2. The van der Waals surface area contributed by atoms with Gasteiger partial charge in [-0.2, -0.15) is 0 Å². The van der Waals surface area contributed by atoms with Crippen molar-refractivity contribution in [3.8, 4) is 115 Å². The zero-order valence-electron chi connectivity index (χ0n) is 64.8. The molecule has 0 bridgehead atoms. The number of benzene rings is 12. The third kappa shape index (κ3) is 19.1. The Bertz CT molecular complexity index is 5790. The molecule has 0 amide bonds. The van der Waals surface area contributed by atoms with Crippen LogP contribution in [0.25, 0.3) is 0 Å². The maximum absolute atomic E-state index is 12.3. The molecule has 0 saturated carbocycles. The summed E-state index contributed by atoms with van der Waals surface area (Å²) < 4.78 is 55.0. The van der Waals surface area contributed by atoms with Gasteiger partial charge in [-0.05, 0) is 118 Å². The predicted molar refractivity (Wildman–Crippen MR) is 434 cm³/mol. The molecule has 612 valence electrons. The van der Waals surface area contributed by atoms with Crippen LogP contribution in [0.1, 0.15) is 171 Å². The van der Waals surface area contributed by atoms with E-state index in [9.17, 15) is 79.8 Å². The van der Waals surface area contributed by atoms with E-state index in [0.29, 0.717) is 103 Å². The van der Waals surface area contributed by atoms with Crippen molar-refractivity contribution < 1.29 is 127 Å². The number of methoxy groups -OCH3 is 4. The number of ether oxygens (including phenoxy) is 10. The summed E-state index contributed by atoms with van der Waals surface area (Å²) in [6.45, 7) is 0. The number of carbonyl (C=O) groups is 6. The first-order valence-electron chi connectivity index (χ1n) is 37.6. The second-order valence-corrected chi connectivity index (χ2v) is 28.0. The molecule has 0 radical (unpaired) electrons. The highest BCUT2D eigenvalue weighted by atomic mass is 16.5. The molecule has 0 aromatic heterocycles. The fraction of sp³-hybridized carbons (Fsp3) is 0.170. The van der Waals surface area contributed by atoms with Crippen LogP contribution >= 0.6 is 0 Å². The molecule has 0 fully saturated rings. The Labute approximate surface area is 686 Å². The zero-order chi connectivity index (χ0) is 85.0. The molecular weight excluding hydrogens is 1550 g/mol. The maximum atomic E-state index is 12.3. The van der Waals surface area contributed by atoms with E-state index in [0.717, 1.165) is 22.3 Å². The predicted octanol–water partition coefficient (Wildman–Crippen LogP) is 17.4. The second kappa shape index (κ2) is 36.6. The van der Waals surface area contributed by atoms with Crippen molar-refractivity contribution in [2.45, 2.75) is 75.1 Å². The molecule has 120 heavy (non-hydrogen) atoms. The Morgan fingerprint density at radius 1 is 0.233 bits per heavy atom. The fourth-order valence-electron chi connectivity index (χ4n) is 14.0. The van der Waals surface area contributed by atoms with Crippen LogP contribution in [0.15, 0.2) is 243 Å². The van der Waals surface area contributed by atoms with Crippen LogP contribution in [0.3, 0.4) is 0 Å². The summed E-state index contributed by atoms with van der Waals surface area (Å²) in [4.78, 5) is 72.9. The fourth-order valence-corrected chi connectivity index (χ4v) is 14.0. The van der Waals surface area contributed by atoms with E-state index in [1.807, 2.05) is 91.0 Å². The van der Waals surface area contributed by atoms with Gasteiger partial charge in [0.1, 0.15) is 128 Å². The lowest BCUT2D eigenvalue weighted by Gasteiger charge is -2.26. The number of hydrogen-bond acceptors (Lipinski definition) is 26. The van der Waals surface area contributed by atoms with Crippen molar-refractivity contribution in [2.75, 3.05) is 28.4 Å². The number of aromatic hydroxyl groups is 10. The molecule has 6 heterocycles. The topological polar surface area (TPSA) is 397 Å². The normalized spacial score (nSPS) is 17.3. The van der Waals surface area contributed by atoms with E-state index in [2.05, 4.69) is 0 Å². The zero-order valence-corrected chi connectivity index (χ0v) is 64.8. The molecule has 6 unspecified atom stereocenters. The summed E-state index contributed by atoms with van der Waals surface area (Å²) in [6.07, 6.45) is -1.11. The summed E-state index contributed by atoms with van der Waals surface area (Å²) in [6, 6.07) is 66.5. The molecule has 10 N–H and O–H groups in total. The lowest BCUT2D eigenvalue weighted by molar-refractivity contribution is 0.0834. The van der Waals surface area contributed by atoms with Gasteiger partial charge in [0.2, 0.25) is 0 Å². The van der Waals surface area contributed by atoms with Crippen molar-refractivity contribution in [2.24, 2.45) is 0 Å². The third-order valence-electron chi connectivity index (χ3n) is 20.1. The number of phenolic OH excluding ortho intramolecular Hbond substituents is 10. The standard InChI is InChI=1S/2C16H14O5.2C16H14O4.C15H12O5.C15H12O3/c1-20-14-5-2-9(6-13(14)19)15-8-12(18)11-4-3-10(17)7-16(11)21-15;1-20-16-6-9(2-5-12(16)18)14-8-13(19)11-4-3-10(17)7-15(11)21-14;1-19-14-7-11(17)8-15-16(14)12(18)9-13(20-15)10-5-3-2-4-6-10;1-19-11-7-12(17)16-13(18)9-14(20-15(16)8-11)10-5-3-2-4-6-10;16-9-2-3-10-12(18)7-14(20-15(10)6-9)8-1-4-11(17)13(19)5-8;16-11-6-7-12-13(17)9-14(18-15(12)8-11)10-4-2-1-3-5-10/h2-7,15,17,19H,8H2,1H3;2-7,14,17-18H,8H2,1H3;2-8,13,17H,9H2,1H3;2-8,14,17H,9H2,1H3;1-6,14,16-17,19H,7H2;1-8,14,16H,9H2. The van der Waals surface area contributed by atoms with Crippen molar-refractivity contribution in [1.82, 2.24) is 0 Å². The van der Waals surface area contributed by atoms with E-state index in [1.165, 1.54) is 126 Å². The van der Waals surface area contributed by atoms with Crippen molar-refractivity contribution >= 4 is 34.7 Å². The molecule has 6 atom stereocenters. The molecule has 12 aromatic carbocycles. The molecular formula is C94H80O26. The number of rotatable bonds is 10. The number of fused-ring (bicyclic) bond motifs is 6. The van der Waals surface area contributed by atoms with Gasteiger partial charge in [0.25, 0.3) is 0 Å². The van der Waals surface area contributed by atoms with Gasteiger partial charge < -0.3 is 98.4 Å². The smallest absolute Gasteiger partial charge is 0.174 e. The number of hydrogen-bond donors (Lipinski definition) is 10. The Balaban J connectivity index is 0.000000125. The van der Waals surface area contributed by atoms with E-state index in [1.54, 1.807) is 54.6 Å². The summed E-state index contributed by atoms with van der Waals surface area (Å²) in [5.41, 5.74) is 7.38. The molecule has 0 aliphatic carbocycles. The molecule has 12 aromatic rings. The minimum absolute atomic E-state index is 0.00671. The van der Waals surface area contributed by atoms with E-state index in [4.69, 9.17) is 47.4 Å². The van der Waals surface area contributed by atoms with Crippen LogP contribution in [0.5, 0.6) is 115 Å². The SMILES string of the molecule is COc1cc(C2CC(=O)c3ccc(O)cc3O2)ccc1O.COc1cc(O)c2c(c1)OC(c1ccccc1)CC2=O.COc1cc(O)cc2c1C(=O)CC(c1ccccc1)O2.COc1ccc(C2CC(=O)c3ccc(O)cc3O2)cc1O.O=C1CC(c2ccc(O)c(O)c2)Oc2cc(O)ccc21.O=C1CC(c2ccccc2)Oc2cc(O)ccc21. The van der Waals surface area contributed by atoms with Crippen LogP contribution < -0.4 is 47.4 Å². The summed E-state index contributed by atoms with van der Waals surface area (Å²) in [5, 5.41) is 95.7. The van der Waals surface area contributed by atoms with Crippen molar-refractivity contribution in [3.63, 3.8) is 0 Å². The van der Waals surface area contributed by atoms with Crippen LogP contribution in [0.4, 0.5) is 0 Å². The van der Waals surface area contributed by atoms with Crippen LogP contribution in [0, 0.1) is 0 Å². The third-order valence-corrected chi connectivity index (χ3v) is 20.1. The highest BCUT2D eigenvalue weighted by Crippen LogP contribution is 2.47. The number of phenols is 10. The summed E-state index contributed by atoms with van der Waals surface area (Å²) >= 11 is 0. The molecule has 18 rings (SSSR count). The van der Waals surface area contributed by atoms with E-state index in [-0.39, 0.29) is 148 Å². The largest absolute Gasteiger partial charge is 0.508 e. The Morgan fingerprint density at radius 2 is 0.558 bits per heavy atom. The molecule has 0 saturated heterocycles. The van der Waals surface area contributed by atoms with Crippen molar-refractivity contribution in [1.29, 1.82) is 0 Å². The minimum Gasteiger partial charge on any atom is -0.508 e. The van der Waals surface area contributed by atoms with Gasteiger partial charge in [0.15, 0.2) is 69.2 Å². The van der Waals surface area contributed by atoms with Gasteiger partial charge >= 0.3 is 0 Å². The monoisotopic (exact) mass is 1620 g/mol. The first kappa shape index (κ1) is 82.6. The average Bonchev–Trinajstić information content (AvgIpc) is 0.805. The molecule has 6 aliphatic heterocycles. The quantitative estimate of drug-likeness (QED) is 0.0569. The van der Waals surface area contributed by atoms with Gasteiger partial charge in [0, 0.05) is 48.5 Å². The number of ketones is 6. The summed E-state index contributed by atoms with van der Waals surface area (Å²) in [5.74, 6) is 3.06. The highest BCUT2D eigenvalue weighted by Gasteiger charge is 2.36. The molecule has 0 spiro atoms. The minimum atomic E-state index is -0.553. The van der Waals surface area contributed by atoms with E-state index < -0.39 is 18.3 Å². The van der Waals surface area contributed by atoms with Crippen LogP contribution in [-0.2, 0) is 0 Å². The van der Waals surface area contributed by atoms with Gasteiger partial charge in [-0.3, -0.25) is 28.8 Å². The van der Waals surface area contributed by atoms with Crippen molar-refractivity contribution in [3.05, 3.63) is 309 Å². The average molecular weight is 1630 g/mol. The van der Waals surface area contributed by atoms with Crippen LogP contribution in [0.2, 0.25) is 0 Å². The molecule has 6 aliphatic rings. The van der Waals surface area contributed by atoms with Gasteiger partial charge in [0.05, 0.1) is 89.2 Å². The number of Topliss-reactive ketones (excluding diaryl/α,β-unsaturated/α-hetero) is 6. The van der Waals surface area contributed by atoms with E-state index >= 15 is 0 Å². The van der Waals surface area contributed by atoms with Gasteiger partial charge in [-0.15, -0.1) is 0 Å². The van der Waals surface area contributed by atoms with Crippen LogP contribution in [-0.4, -0.2) is 114 Å². The lowest BCUT2D eigenvalue weighted by Crippen LogP contribution is -2.21. The first-order chi connectivity index (χ1) is 57.8. The molecule has 26 heteroatoms. The van der Waals surface area contributed by atoms with Gasteiger partial charge in [-0.25, -0.2) is 0 Å². The summed E-state index contributed by atoms with van der Waals surface area (Å²) in [7, 11) is 5.89. The molecule has 26 nitrogen and oxygen atoms in total.